The summed E-state index contributed by atoms with van der Waals surface area (Å²) in [6.07, 6.45) is 1.38. The lowest BCUT2D eigenvalue weighted by Gasteiger charge is -2.09. The number of carbonyl (C=O) groups is 1. The molecule has 25 heavy (non-hydrogen) atoms. The second-order valence-electron chi connectivity index (χ2n) is 5.88. The average molecular weight is 337 g/mol. The lowest BCUT2D eigenvalue weighted by Crippen LogP contribution is -2.06. The molecular formula is C19H19N3O3. The fourth-order valence-electron chi connectivity index (χ4n) is 2.61. The van der Waals surface area contributed by atoms with Crippen LogP contribution in [0.15, 0.2) is 48.6 Å². The second-order valence-corrected chi connectivity index (χ2v) is 5.88. The van der Waals surface area contributed by atoms with Crippen molar-refractivity contribution in [2.45, 2.75) is 19.8 Å². The highest BCUT2D eigenvalue weighted by Crippen LogP contribution is 2.33. The first kappa shape index (κ1) is 16.7. The van der Waals surface area contributed by atoms with E-state index < -0.39 is 0 Å². The third-order valence-corrected chi connectivity index (χ3v) is 3.90. The number of nitrogens with zero attached hydrogens (tertiary/aromatic N) is 2. The number of aryl methyl sites for hydroxylation is 1. The number of nitrogens with one attached hydrogen (secondary N) is 1. The lowest BCUT2D eigenvalue weighted by atomic mass is 10.00. The van der Waals surface area contributed by atoms with Crippen LogP contribution in [0.5, 0.6) is 5.75 Å². The van der Waals surface area contributed by atoms with Gasteiger partial charge >= 0.3 is 5.97 Å². The number of phenolic OH excluding ortho intramolecular Hbond substituents is 1. The van der Waals surface area contributed by atoms with Gasteiger partial charge < -0.3 is 9.84 Å². The van der Waals surface area contributed by atoms with Crippen molar-refractivity contribution in [2.75, 3.05) is 6.61 Å². The van der Waals surface area contributed by atoms with Gasteiger partial charge in [0.05, 0.1) is 12.1 Å². The lowest BCUT2D eigenvalue weighted by molar-refractivity contribution is -0.139. The van der Waals surface area contributed by atoms with E-state index >= 15 is 0 Å². The summed E-state index contributed by atoms with van der Waals surface area (Å²) in [5, 5.41) is 21.1. The molecule has 6 heteroatoms. The van der Waals surface area contributed by atoms with Crippen LogP contribution in [0.1, 0.15) is 18.9 Å². The Morgan fingerprint density at radius 3 is 2.88 bits per heavy atom. The van der Waals surface area contributed by atoms with E-state index in [1.807, 2.05) is 30.3 Å². The minimum Gasteiger partial charge on any atom is -0.507 e. The van der Waals surface area contributed by atoms with E-state index in [1.54, 1.807) is 13.0 Å². The fourth-order valence-corrected chi connectivity index (χ4v) is 2.61. The summed E-state index contributed by atoms with van der Waals surface area (Å²) in [5.74, 6) is -0.189. The van der Waals surface area contributed by atoms with Crippen LogP contribution >= 0.6 is 0 Å². The van der Waals surface area contributed by atoms with Crippen LogP contribution < -0.4 is 0 Å². The van der Waals surface area contributed by atoms with Gasteiger partial charge in [0, 0.05) is 16.7 Å². The Morgan fingerprint density at radius 1 is 1.28 bits per heavy atom. The van der Waals surface area contributed by atoms with Crippen molar-refractivity contribution in [1.82, 2.24) is 15.4 Å². The first-order valence-electron chi connectivity index (χ1n) is 8.01. The number of phenols is 1. The van der Waals surface area contributed by atoms with Crippen LogP contribution in [0.25, 0.3) is 22.2 Å². The van der Waals surface area contributed by atoms with Gasteiger partial charge in [-0.2, -0.15) is 0 Å². The Kier molecular flexibility index (Phi) is 4.79. The van der Waals surface area contributed by atoms with E-state index in [4.69, 9.17) is 4.74 Å². The van der Waals surface area contributed by atoms with Gasteiger partial charge in [0.15, 0.2) is 0 Å². The van der Waals surface area contributed by atoms with Gasteiger partial charge in [-0.1, -0.05) is 36.1 Å². The molecular weight excluding hydrogens is 318 g/mol. The molecule has 2 N–H and O–H groups in total. The molecule has 0 bridgehead atoms. The summed E-state index contributed by atoms with van der Waals surface area (Å²) in [6.45, 7) is 5.49. The van der Waals surface area contributed by atoms with E-state index in [0.717, 1.165) is 22.2 Å². The normalized spacial score (nSPS) is 10.8. The van der Waals surface area contributed by atoms with Crippen molar-refractivity contribution in [3.8, 4) is 16.9 Å². The molecule has 0 aliphatic rings. The van der Waals surface area contributed by atoms with E-state index in [-0.39, 0.29) is 11.7 Å². The minimum atomic E-state index is -0.376. The summed E-state index contributed by atoms with van der Waals surface area (Å²) in [6, 6.07) is 11.2. The standard InChI is InChI=1S/C19H19N3O3/c1-12(2)19(24)25-10-4-5-13-8-9-14(17(23)11-13)15-6-3-7-16-18(15)21-22-20-16/h3,6-9,11,23H,1,4-5,10H2,2H3,(H,20,21,22). The first-order chi connectivity index (χ1) is 12.1. The van der Waals surface area contributed by atoms with Crippen molar-refractivity contribution in [3.05, 3.63) is 54.1 Å². The van der Waals surface area contributed by atoms with Gasteiger partial charge in [-0.05, 0) is 37.5 Å². The molecule has 0 fully saturated rings. The number of ether oxygens (including phenoxy) is 1. The molecule has 0 saturated carbocycles. The summed E-state index contributed by atoms with van der Waals surface area (Å²) in [4.78, 5) is 11.3. The van der Waals surface area contributed by atoms with Gasteiger partial charge in [0.25, 0.3) is 0 Å². The van der Waals surface area contributed by atoms with Gasteiger partial charge in [-0.25, -0.2) is 4.79 Å². The van der Waals surface area contributed by atoms with Crippen LogP contribution in [0.3, 0.4) is 0 Å². The van der Waals surface area contributed by atoms with E-state index in [0.29, 0.717) is 30.6 Å². The molecule has 128 valence electrons. The van der Waals surface area contributed by atoms with Crippen LogP contribution in [-0.4, -0.2) is 33.1 Å². The number of aromatic nitrogens is 3. The molecule has 2 aromatic carbocycles. The van der Waals surface area contributed by atoms with Crippen LogP contribution in [0.4, 0.5) is 0 Å². The predicted octanol–water partition coefficient (Wildman–Crippen LogP) is 3.38. The zero-order chi connectivity index (χ0) is 17.8. The molecule has 0 aliphatic carbocycles. The number of esters is 1. The maximum absolute atomic E-state index is 11.3. The number of hydrogen-bond acceptors (Lipinski definition) is 5. The maximum Gasteiger partial charge on any atom is 0.333 e. The molecule has 0 unspecified atom stereocenters. The van der Waals surface area contributed by atoms with E-state index in [2.05, 4.69) is 22.0 Å². The summed E-state index contributed by atoms with van der Waals surface area (Å²) >= 11 is 0. The zero-order valence-corrected chi connectivity index (χ0v) is 14.0. The Bertz CT molecular complexity index is 931. The maximum atomic E-state index is 11.3. The van der Waals surface area contributed by atoms with Crippen molar-refractivity contribution < 1.29 is 14.6 Å². The van der Waals surface area contributed by atoms with Crippen LogP contribution in [0, 0.1) is 0 Å². The molecule has 0 saturated heterocycles. The molecule has 0 spiro atoms. The highest BCUT2D eigenvalue weighted by molar-refractivity contribution is 5.92. The highest BCUT2D eigenvalue weighted by Gasteiger charge is 2.11. The van der Waals surface area contributed by atoms with E-state index in [9.17, 15) is 9.90 Å². The number of H-pyrrole nitrogens is 1. The number of carbonyl (C=O) groups excluding carboxylic acids is 1. The third kappa shape index (κ3) is 3.68. The number of fused-ring (bicyclic) bond motifs is 1. The molecule has 6 nitrogen and oxygen atoms in total. The van der Waals surface area contributed by atoms with Crippen molar-refractivity contribution in [2.24, 2.45) is 0 Å². The van der Waals surface area contributed by atoms with Crippen LogP contribution in [0.2, 0.25) is 0 Å². The molecule has 3 rings (SSSR count). The average Bonchev–Trinajstić information content (AvgIpc) is 3.07. The highest BCUT2D eigenvalue weighted by atomic mass is 16.5. The smallest absolute Gasteiger partial charge is 0.333 e. The Hall–Kier alpha value is -3.15. The molecule has 1 aromatic heterocycles. The molecule has 0 atom stereocenters. The van der Waals surface area contributed by atoms with Crippen molar-refractivity contribution in [3.63, 3.8) is 0 Å². The summed E-state index contributed by atoms with van der Waals surface area (Å²) < 4.78 is 5.07. The molecule has 3 aromatic rings. The molecule has 1 heterocycles. The number of aromatic amines is 1. The van der Waals surface area contributed by atoms with Gasteiger partial charge in [0.2, 0.25) is 0 Å². The van der Waals surface area contributed by atoms with Gasteiger partial charge in [-0.3, -0.25) is 5.10 Å². The van der Waals surface area contributed by atoms with Gasteiger partial charge in [0.1, 0.15) is 11.3 Å². The Labute approximate surface area is 145 Å². The van der Waals surface area contributed by atoms with Crippen molar-refractivity contribution >= 4 is 17.0 Å². The minimum absolute atomic E-state index is 0.187. The van der Waals surface area contributed by atoms with Crippen LogP contribution in [-0.2, 0) is 16.0 Å². The van der Waals surface area contributed by atoms with E-state index in [1.165, 1.54) is 0 Å². The second kappa shape index (κ2) is 7.17. The summed E-state index contributed by atoms with van der Waals surface area (Å²) in [5.41, 5.74) is 4.43. The van der Waals surface area contributed by atoms with Gasteiger partial charge in [-0.15, -0.1) is 5.10 Å². The number of aromatic hydroxyl groups is 1. The predicted molar refractivity (Wildman–Crippen MR) is 95.1 cm³/mol. The number of rotatable bonds is 6. The Morgan fingerprint density at radius 2 is 2.12 bits per heavy atom. The molecule has 0 aliphatic heterocycles. The monoisotopic (exact) mass is 337 g/mol. The topological polar surface area (TPSA) is 88.1 Å². The quantitative estimate of drug-likeness (QED) is 0.409. The first-order valence-corrected chi connectivity index (χ1v) is 8.01. The largest absolute Gasteiger partial charge is 0.507 e. The Balaban J connectivity index is 1.70. The molecule has 0 amide bonds. The summed E-state index contributed by atoms with van der Waals surface area (Å²) in [7, 11) is 0. The number of hydrogen-bond donors (Lipinski definition) is 2. The third-order valence-electron chi connectivity index (χ3n) is 3.90. The SMILES string of the molecule is C=C(C)C(=O)OCCCc1ccc(-c2cccc3[nH]nnc23)c(O)c1. The van der Waals surface area contributed by atoms with Crippen molar-refractivity contribution in [1.29, 1.82) is 0 Å². The zero-order valence-electron chi connectivity index (χ0n) is 14.0. The number of benzene rings is 2. The molecule has 0 radical (unpaired) electrons. The fraction of sp³-hybridized carbons (Fsp3) is 0.211.